The number of fused-ring (bicyclic) bond motifs is 3. The maximum Gasteiger partial charge on any atom is 0.170 e. The Hall–Kier alpha value is -2.00. The molecule has 0 saturated carbocycles. The van der Waals surface area contributed by atoms with Crippen molar-refractivity contribution in [1.82, 2.24) is 0 Å². The van der Waals surface area contributed by atoms with Gasteiger partial charge in [0.05, 0.1) is 0 Å². The minimum absolute atomic E-state index is 0.0230. The van der Waals surface area contributed by atoms with Crippen LogP contribution in [0.25, 0.3) is 10.8 Å². The normalized spacial score (nSPS) is 16.9. The van der Waals surface area contributed by atoms with Crippen LogP contribution in [0, 0.1) is 0 Å². The van der Waals surface area contributed by atoms with E-state index in [1.54, 1.807) is 0 Å². The summed E-state index contributed by atoms with van der Waals surface area (Å²) in [5, 5.41) is 6.04. The largest absolute Gasteiger partial charge is 0.470 e. The summed E-state index contributed by atoms with van der Waals surface area (Å²) in [6.45, 7) is 0. The highest BCUT2D eigenvalue weighted by Crippen LogP contribution is 2.34. The van der Waals surface area contributed by atoms with E-state index < -0.39 is 0 Å². The van der Waals surface area contributed by atoms with Crippen molar-refractivity contribution in [2.75, 3.05) is 5.32 Å². The van der Waals surface area contributed by atoms with Crippen molar-refractivity contribution >= 4 is 32.4 Å². The number of aryl methyl sites for hydroxylation is 1. The lowest BCUT2D eigenvalue weighted by atomic mass is 9.97. The van der Waals surface area contributed by atoms with Gasteiger partial charge < -0.3 is 10.1 Å². The van der Waals surface area contributed by atoms with Gasteiger partial charge in [-0.25, -0.2) is 0 Å². The van der Waals surface area contributed by atoms with Gasteiger partial charge in [-0.1, -0.05) is 46.3 Å². The Morgan fingerprint density at radius 1 is 0.955 bits per heavy atom. The fourth-order valence-corrected chi connectivity index (χ4v) is 3.27. The second-order valence-electron chi connectivity index (χ2n) is 5.56. The third-order valence-corrected chi connectivity index (χ3v) is 4.62. The maximum absolute atomic E-state index is 6.15. The average molecular weight is 354 g/mol. The average Bonchev–Trinajstić information content (AvgIpc) is 2.57. The molecule has 0 aromatic heterocycles. The van der Waals surface area contributed by atoms with Crippen LogP contribution in [0.15, 0.2) is 65.1 Å². The van der Waals surface area contributed by atoms with Crippen molar-refractivity contribution in [3.8, 4) is 5.75 Å². The summed E-state index contributed by atoms with van der Waals surface area (Å²) in [4.78, 5) is 0. The smallest absolute Gasteiger partial charge is 0.170 e. The highest BCUT2D eigenvalue weighted by atomic mass is 79.9. The molecule has 1 aliphatic rings. The molecule has 0 radical (unpaired) electrons. The van der Waals surface area contributed by atoms with Crippen molar-refractivity contribution in [2.24, 2.45) is 0 Å². The van der Waals surface area contributed by atoms with Gasteiger partial charge in [0.1, 0.15) is 5.75 Å². The summed E-state index contributed by atoms with van der Waals surface area (Å²) in [5.41, 5.74) is 2.41. The van der Waals surface area contributed by atoms with E-state index in [1.807, 2.05) is 12.1 Å². The van der Waals surface area contributed by atoms with Gasteiger partial charge in [-0.05, 0) is 47.5 Å². The topological polar surface area (TPSA) is 21.3 Å². The highest BCUT2D eigenvalue weighted by molar-refractivity contribution is 9.10. The molecule has 22 heavy (non-hydrogen) atoms. The molecule has 0 fully saturated rings. The second-order valence-corrected chi connectivity index (χ2v) is 6.48. The van der Waals surface area contributed by atoms with Crippen molar-refractivity contribution in [1.29, 1.82) is 0 Å². The number of anilines is 1. The zero-order valence-electron chi connectivity index (χ0n) is 12.1. The quantitative estimate of drug-likeness (QED) is 0.668. The van der Waals surface area contributed by atoms with Crippen molar-refractivity contribution in [3.63, 3.8) is 0 Å². The second kappa shape index (κ2) is 5.65. The lowest BCUT2D eigenvalue weighted by molar-refractivity contribution is 0.201. The molecule has 0 aliphatic carbocycles. The van der Waals surface area contributed by atoms with Crippen LogP contribution in [-0.4, -0.2) is 6.23 Å². The fraction of sp³-hybridized carbons (Fsp3) is 0.158. The van der Waals surface area contributed by atoms with E-state index in [0.29, 0.717) is 0 Å². The van der Waals surface area contributed by atoms with Gasteiger partial charge in [0, 0.05) is 22.1 Å². The number of rotatable bonds is 2. The summed E-state index contributed by atoms with van der Waals surface area (Å²) >= 11 is 3.46. The first-order valence-corrected chi connectivity index (χ1v) is 8.28. The van der Waals surface area contributed by atoms with Crippen molar-refractivity contribution in [3.05, 3.63) is 70.7 Å². The molecule has 1 heterocycles. The monoisotopic (exact) mass is 353 g/mol. The van der Waals surface area contributed by atoms with Crippen LogP contribution in [0.4, 0.5) is 5.69 Å². The Morgan fingerprint density at radius 3 is 2.64 bits per heavy atom. The number of hydrogen-bond acceptors (Lipinski definition) is 2. The lowest BCUT2D eigenvalue weighted by Crippen LogP contribution is -2.30. The zero-order chi connectivity index (χ0) is 14.9. The molecule has 3 aromatic carbocycles. The third-order valence-electron chi connectivity index (χ3n) is 4.10. The van der Waals surface area contributed by atoms with Gasteiger partial charge in [0.25, 0.3) is 0 Å². The molecule has 3 aromatic rings. The van der Waals surface area contributed by atoms with E-state index in [9.17, 15) is 0 Å². The first-order valence-electron chi connectivity index (χ1n) is 7.49. The predicted molar refractivity (Wildman–Crippen MR) is 94.4 cm³/mol. The predicted octanol–water partition coefficient (Wildman–Crippen LogP) is 5.37. The Balaban J connectivity index is 1.59. The number of benzene rings is 3. The minimum atomic E-state index is 0.0230. The molecule has 1 atom stereocenters. The van der Waals surface area contributed by atoms with Crippen LogP contribution < -0.4 is 10.1 Å². The van der Waals surface area contributed by atoms with Crippen LogP contribution in [0.3, 0.4) is 0 Å². The van der Waals surface area contributed by atoms with Crippen LogP contribution in [0.5, 0.6) is 5.75 Å². The van der Waals surface area contributed by atoms with Crippen molar-refractivity contribution in [2.45, 2.75) is 19.1 Å². The van der Waals surface area contributed by atoms with Gasteiger partial charge in [-0.15, -0.1) is 0 Å². The molecule has 1 unspecified atom stereocenters. The molecule has 1 aliphatic heterocycles. The number of nitrogens with one attached hydrogen (secondary N) is 1. The summed E-state index contributed by atoms with van der Waals surface area (Å²) in [7, 11) is 0. The van der Waals surface area contributed by atoms with E-state index in [0.717, 1.165) is 28.8 Å². The molecule has 0 saturated heterocycles. The maximum atomic E-state index is 6.15. The number of halogens is 1. The van der Waals surface area contributed by atoms with Gasteiger partial charge in [0.15, 0.2) is 6.23 Å². The minimum Gasteiger partial charge on any atom is -0.470 e. The van der Waals surface area contributed by atoms with E-state index in [2.05, 4.69) is 69.8 Å². The van der Waals surface area contributed by atoms with Gasteiger partial charge >= 0.3 is 0 Å². The fourth-order valence-electron chi connectivity index (χ4n) is 3.01. The summed E-state index contributed by atoms with van der Waals surface area (Å²) in [6, 6.07) is 20.9. The molecule has 1 N–H and O–H groups in total. The molecule has 0 spiro atoms. The van der Waals surface area contributed by atoms with E-state index in [1.165, 1.54) is 16.3 Å². The van der Waals surface area contributed by atoms with Crippen LogP contribution >= 0.6 is 15.9 Å². The Labute approximate surface area is 138 Å². The summed E-state index contributed by atoms with van der Waals surface area (Å²) in [5.74, 6) is 1.000. The molecule has 2 nitrogen and oxygen atoms in total. The van der Waals surface area contributed by atoms with Gasteiger partial charge in [-0.3, -0.25) is 0 Å². The Bertz CT molecular complexity index is 813. The molecule has 3 heteroatoms. The van der Waals surface area contributed by atoms with Crippen molar-refractivity contribution < 1.29 is 4.74 Å². The van der Waals surface area contributed by atoms with Crippen LogP contribution in [0.2, 0.25) is 0 Å². The molecule has 0 amide bonds. The van der Waals surface area contributed by atoms with Crippen LogP contribution in [0.1, 0.15) is 12.0 Å². The van der Waals surface area contributed by atoms with E-state index in [-0.39, 0.29) is 6.23 Å². The lowest BCUT2D eigenvalue weighted by Gasteiger charge is -2.28. The SMILES string of the molecule is Brc1ccc(NC2CCc3c(ccc4ccccc34)O2)cc1. The van der Waals surface area contributed by atoms with E-state index in [4.69, 9.17) is 4.74 Å². The highest BCUT2D eigenvalue weighted by Gasteiger charge is 2.21. The number of hydrogen-bond donors (Lipinski definition) is 1. The molecule has 0 bridgehead atoms. The first-order chi connectivity index (χ1) is 10.8. The summed E-state index contributed by atoms with van der Waals surface area (Å²) < 4.78 is 7.23. The van der Waals surface area contributed by atoms with Gasteiger partial charge in [-0.2, -0.15) is 0 Å². The van der Waals surface area contributed by atoms with Gasteiger partial charge in [0.2, 0.25) is 0 Å². The Kier molecular flexibility index (Phi) is 3.51. The number of ether oxygens (including phenoxy) is 1. The van der Waals surface area contributed by atoms with Crippen LogP contribution in [-0.2, 0) is 6.42 Å². The first kappa shape index (κ1) is 13.6. The molecule has 110 valence electrons. The Morgan fingerprint density at radius 2 is 1.77 bits per heavy atom. The molecular weight excluding hydrogens is 338 g/mol. The van der Waals surface area contributed by atoms with E-state index >= 15 is 0 Å². The molecule has 4 rings (SSSR count). The summed E-state index contributed by atoms with van der Waals surface area (Å²) in [6.07, 6.45) is 2.02. The molecular formula is C19H16BrNO. The zero-order valence-corrected chi connectivity index (χ0v) is 13.6. The standard InChI is InChI=1S/C19H16BrNO/c20-14-6-8-15(9-7-14)21-19-12-10-17-16-4-2-1-3-13(16)5-11-18(17)22-19/h1-9,11,19,21H,10,12H2. The third kappa shape index (κ3) is 2.57.